The van der Waals surface area contributed by atoms with Gasteiger partial charge in [-0.25, -0.2) is 9.37 Å². The first-order valence-corrected chi connectivity index (χ1v) is 12.7. The first-order valence-electron chi connectivity index (χ1n) is 11.9. The van der Waals surface area contributed by atoms with Crippen molar-refractivity contribution in [3.63, 3.8) is 0 Å². The molecule has 2 aliphatic rings. The van der Waals surface area contributed by atoms with Crippen LogP contribution in [0.2, 0.25) is 0 Å². The molecule has 5 rings (SSSR count). The number of aromatic nitrogens is 1. The average Bonchev–Trinajstić information content (AvgIpc) is 3.29. The van der Waals surface area contributed by atoms with Crippen LogP contribution in [0, 0.1) is 5.82 Å². The van der Waals surface area contributed by atoms with Crippen LogP contribution in [-0.2, 0) is 4.79 Å². The first kappa shape index (κ1) is 22.9. The van der Waals surface area contributed by atoms with Crippen molar-refractivity contribution in [2.45, 2.75) is 25.7 Å². The Kier molecular flexibility index (Phi) is 6.61. The number of rotatable bonds is 5. The molecule has 0 saturated carbocycles. The van der Waals surface area contributed by atoms with Crippen molar-refractivity contribution >= 4 is 38.9 Å². The van der Waals surface area contributed by atoms with Crippen LogP contribution in [0.4, 0.5) is 10.1 Å². The lowest BCUT2D eigenvalue weighted by Crippen LogP contribution is -2.51. The van der Waals surface area contributed by atoms with Crippen molar-refractivity contribution < 1.29 is 14.0 Å². The van der Waals surface area contributed by atoms with Crippen LogP contribution in [0.15, 0.2) is 42.5 Å². The number of likely N-dealkylation sites (tertiary alicyclic amines) is 1. The van der Waals surface area contributed by atoms with Crippen LogP contribution in [0.5, 0.6) is 0 Å². The highest BCUT2D eigenvalue weighted by molar-refractivity contribution is 7.18. The van der Waals surface area contributed by atoms with Gasteiger partial charge in [0.15, 0.2) is 5.78 Å². The van der Waals surface area contributed by atoms with Crippen molar-refractivity contribution in [2.75, 3.05) is 50.7 Å². The minimum Gasteiger partial charge on any atom is -0.367 e. The van der Waals surface area contributed by atoms with Gasteiger partial charge in [0.2, 0.25) is 5.91 Å². The number of halogens is 1. The molecule has 0 N–H and O–H groups in total. The van der Waals surface area contributed by atoms with Gasteiger partial charge in [-0.3, -0.25) is 14.5 Å². The zero-order valence-corrected chi connectivity index (χ0v) is 20.2. The molecule has 6 nitrogen and oxygen atoms in total. The quantitative estimate of drug-likeness (QED) is 0.513. The molecule has 2 aliphatic heterocycles. The van der Waals surface area contributed by atoms with Gasteiger partial charge < -0.3 is 9.80 Å². The molecule has 34 heavy (non-hydrogen) atoms. The van der Waals surface area contributed by atoms with Crippen LogP contribution in [-0.4, -0.2) is 72.3 Å². The molecule has 3 aromatic rings. The van der Waals surface area contributed by atoms with Gasteiger partial charge in [-0.15, -0.1) is 11.3 Å². The second kappa shape index (κ2) is 9.80. The summed E-state index contributed by atoms with van der Waals surface area (Å²) >= 11 is 1.77. The molecule has 178 valence electrons. The van der Waals surface area contributed by atoms with Crippen LogP contribution in [0.25, 0.3) is 10.2 Å². The van der Waals surface area contributed by atoms with E-state index in [1.54, 1.807) is 23.5 Å². The smallest absolute Gasteiger partial charge is 0.236 e. The first-order chi connectivity index (χ1) is 16.5. The molecular formula is C26H29FN4O2S. The van der Waals surface area contributed by atoms with Crippen LogP contribution in [0.3, 0.4) is 0 Å². The maximum atomic E-state index is 14.5. The SMILES string of the molecule is CC(=O)c1ccc(N2CCN(CC(=O)N3CCC(c4nc5ccccc5s4)CC3)CC2)c(F)c1. The van der Waals surface area contributed by atoms with Crippen LogP contribution >= 0.6 is 11.3 Å². The molecule has 0 radical (unpaired) electrons. The number of para-hydroxylation sites is 1. The van der Waals surface area contributed by atoms with E-state index in [0.717, 1.165) is 31.4 Å². The Bertz CT molecular complexity index is 1160. The second-order valence-corrected chi connectivity index (χ2v) is 10.2. The standard InChI is InChI=1S/C26H29FN4O2S/c1-18(32)20-6-7-23(21(27)16-20)30-14-12-29(13-15-30)17-25(33)31-10-8-19(9-11-31)26-28-22-4-2-3-5-24(22)34-26/h2-7,16,19H,8-15,17H2,1H3. The molecule has 2 aromatic carbocycles. The minimum absolute atomic E-state index is 0.141. The number of ketones is 1. The van der Waals surface area contributed by atoms with E-state index in [0.29, 0.717) is 49.9 Å². The van der Waals surface area contributed by atoms with E-state index < -0.39 is 0 Å². The van der Waals surface area contributed by atoms with Gasteiger partial charge in [-0.2, -0.15) is 0 Å². The minimum atomic E-state index is -0.367. The molecule has 1 amide bonds. The molecule has 1 aromatic heterocycles. The summed E-state index contributed by atoms with van der Waals surface area (Å²) < 4.78 is 15.7. The van der Waals surface area contributed by atoms with Crippen molar-refractivity contribution in [1.82, 2.24) is 14.8 Å². The number of piperidine rings is 1. The highest BCUT2D eigenvalue weighted by atomic mass is 32.1. The Morgan fingerprint density at radius 3 is 2.44 bits per heavy atom. The van der Waals surface area contributed by atoms with E-state index in [1.807, 2.05) is 21.9 Å². The topological polar surface area (TPSA) is 56.8 Å². The van der Waals surface area contributed by atoms with E-state index in [4.69, 9.17) is 4.98 Å². The lowest BCUT2D eigenvalue weighted by molar-refractivity contribution is -0.133. The van der Waals surface area contributed by atoms with Crippen LogP contribution < -0.4 is 4.90 Å². The predicted molar refractivity (Wildman–Crippen MR) is 133 cm³/mol. The number of amides is 1. The molecular weight excluding hydrogens is 451 g/mol. The summed E-state index contributed by atoms with van der Waals surface area (Å²) in [5.74, 6) is 0.0913. The third-order valence-electron chi connectivity index (χ3n) is 6.93. The zero-order valence-electron chi connectivity index (χ0n) is 19.4. The predicted octanol–water partition coefficient (Wildman–Crippen LogP) is 4.17. The third kappa shape index (κ3) is 4.83. The Morgan fingerprint density at radius 2 is 1.76 bits per heavy atom. The fraction of sp³-hybridized carbons (Fsp3) is 0.423. The Hall–Kier alpha value is -2.84. The van der Waals surface area contributed by atoms with Gasteiger partial charge in [0.25, 0.3) is 0 Å². The van der Waals surface area contributed by atoms with Gasteiger partial charge in [-0.1, -0.05) is 12.1 Å². The van der Waals surface area contributed by atoms with Gasteiger partial charge in [0, 0.05) is 50.7 Å². The lowest BCUT2D eigenvalue weighted by atomic mass is 9.97. The van der Waals surface area contributed by atoms with E-state index in [1.165, 1.54) is 22.7 Å². The number of piperazine rings is 1. The molecule has 2 saturated heterocycles. The maximum Gasteiger partial charge on any atom is 0.236 e. The molecule has 8 heteroatoms. The van der Waals surface area contributed by atoms with E-state index in [2.05, 4.69) is 17.0 Å². The van der Waals surface area contributed by atoms with Gasteiger partial charge in [0.05, 0.1) is 27.5 Å². The number of Topliss-reactive ketones (excluding diaryl/α,β-unsaturated/α-hetero) is 1. The highest BCUT2D eigenvalue weighted by Crippen LogP contribution is 2.33. The molecule has 0 bridgehead atoms. The summed E-state index contributed by atoms with van der Waals surface area (Å²) in [5, 5.41) is 1.19. The normalized spacial score (nSPS) is 17.9. The van der Waals surface area contributed by atoms with Gasteiger partial charge >= 0.3 is 0 Å². The van der Waals surface area contributed by atoms with E-state index in [-0.39, 0.29) is 17.5 Å². The molecule has 2 fully saturated rings. The number of anilines is 1. The lowest BCUT2D eigenvalue weighted by Gasteiger charge is -2.37. The van der Waals surface area contributed by atoms with Crippen molar-refractivity contribution in [3.8, 4) is 0 Å². The van der Waals surface area contributed by atoms with Crippen molar-refractivity contribution in [3.05, 3.63) is 58.9 Å². The number of nitrogens with zero attached hydrogens (tertiary/aromatic N) is 4. The number of fused-ring (bicyclic) bond motifs is 1. The monoisotopic (exact) mass is 480 g/mol. The number of hydrogen-bond acceptors (Lipinski definition) is 6. The fourth-order valence-electron chi connectivity index (χ4n) is 4.86. The number of thiazole rings is 1. The summed E-state index contributed by atoms with van der Waals surface area (Å²) in [7, 11) is 0. The summed E-state index contributed by atoms with van der Waals surface area (Å²) in [6.07, 6.45) is 1.91. The Labute approximate surface area is 203 Å². The van der Waals surface area contributed by atoms with E-state index >= 15 is 0 Å². The van der Waals surface area contributed by atoms with Gasteiger partial charge in [-0.05, 0) is 50.1 Å². The molecule has 0 atom stereocenters. The average molecular weight is 481 g/mol. The Morgan fingerprint density at radius 1 is 1.03 bits per heavy atom. The summed E-state index contributed by atoms with van der Waals surface area (Å²) in [6.45, 7) is 6.12. The third-order valence-corrected chi connectivity index (χ3v) is 8.13. The largest absolute Gasteiger partial charge is 0.367 e. The number of benzene rings is 2. The van der Waals surface area contributed by atoms with Crippen molar-refractivity contribution in [1.29, 1.82) is 0 Å². The summed E-state index contributed by atoms with van der Waals surface area (Å²) in [6, 6.07) is 12.9. The summed E-state index contributed by atoms with van der Waals surface area (Å²) in [4.78, 5) is 35.3. The highest BCUT2D eigenvalue weighted by Gasteiger charge is 2.28. The Balaban J connectivity index is 1.10. The van der Waals surface area contributed by atoms with Crippen molar-refractivity contribution in [2.24, 2.45) is 0 Å². The number of carbonyl (C=O) groups is 2. The molecule has 0 spiro atoms. The zero-order chi connectivity index (χ0) is 23.7. The van der Waals surface area contributed by atoms with E-state index in [9.17, 15) is 14.0 Å². The molecule has 3 heterocycles. The molecule has 0 unspecified atom stereocenters. The second-order valence-electron chi connectivity index (χ2n) is 9.16. The maximum absolute atomic E-state index is 14.5. The summed E-state index contributed by atoms with van der Waals surface area (Å²) in [5.41, 5.74) is 1.97. The molecule has 0 aliphatic carbocycles. The van der Waals surface area contributed by atoms with Crippen LogP contribution in [0.1, 0.15) is 41.0 Å². The number of hydrogen-bond donors (Lipinski definition) is 0. The number of carbonyl (C=O) groups excluding carboxylic acids is 2. The fourth-order valence-corrected chi connectivity index (χ4v) is 6.00. The van der Waals surface area contributed by atoms with Gasteiger partial charge in [0.1, 0.15) is 5.82 Å².